The SMILES string of the molecule is CC1(C2CC2)NC(=O)N(c2cccc(CNC(=O)C(=O)Nc3ccc(=O)n(Cc4cccc(F)c4)c3)c2)C1=O. The lowest BCUT2D eigenvalue weighted by atomic mass is 9.96. The Balaban J connectivity index is 1.20. The Hall–Kier alpha value is -4.80. The molecule has 1 unspecified atom stereocenters. The number of carbonyl (C=O) groups excluding carboxylic acids is 4. The van der Waals surface area contributed by atoms with Crippen molar-refractivity contribution in [1.82, 2.24) is 15.2 Å². The number of hydrogen-bond donors (Lipinski definition) is 3. The predicted molar refractivity (Wildman–Crippen MR) is 140 cm³/mol. The van der Waals surface area contributed by atoms with E-state index in [1.807, 2.05) is 0 Å². The fourth-order valence-corrected chi connectivity index (χ4v) is 4.64. The molecule has 39 heavy (non-hydrogen) atoms. The van der Waals surface area contributed by atoms with Crippen LogP contribution >= 0.6 is 0 Å². The molecule has 0 bridgehead atoms. The summed E-state index contributed by atoms with van der Waals surface area (Å²) in [5.74, 6) is -2.48. The van der Waals surface area contributed by atoms with E-state index in [4.69, 9.17) is 0 Å². The Morgan fingerprint density at radius 2 is 1.74 bits per heavy atom. The molecule has 1 saturated heterocycles. The second kappa shape index (κ2) is 10.2. The van der Waals surface area contributed by atoms with Gasteiger partial charge in [-0.15, -0.1) is 0 Å². The van der Waals surface area contributed by atoms with Crippen LogP contribution in [0.5, 0.6) is 0 Å². The van der Waals surface area contributed by atoms with Crippen LogP contribution in [0.4, 0.5) is 20.6 Å². The second-order valence-electron chi connectivity index (χ2n) is 9.87. The van der Waals surface area contributed by atoms with Gasteiger partial charge in [-0.25, -0.2) is 14.1 Å². The molecule has 1 atom stereocenters. The van der Waals surface area contributed by atoms with Gasteiger partial charge in [-0.1, -0.05) is 24.3 Å². The standard InChI is InChI=1S/C28H26FN5O5/c1-28(19-8-9-19)26(38)34(27(39)32-28)22-7-3-4-17(13-22)14-30-24(36)25(37)31-21-10-11-23(35)33(16-21)15-18-5-2-6-20(29)12-18/h2-7,10-13,16,19H,8-9,14-15H2,1H3,(H,30,36)(H,31,37)(H,32,39). The Labute approximate surface area is 222 Å². The van der Waals surface area contributed by atoms with Crippen molar-refractivity contribution in [2.45, 2.75) is 38.4 Å². The van der Waals surface area contributed by atoms with Gasteiger partial charge in [0.2, 0.25) is 0 Å². The zero-order chi connectivity index (χ0) is 27.7. The van der Waals surface area contributed by atoms with E-state index in [0.29, 0.717) is 16.8 Å². The van der Waals surface area contributed by atoms with Crippen LogP contribution in [-0.4, -0.2) is 33.9 Å². The summed E-state index contributed by atoms with van der Waals surface area (Å²) < 4.78 is 14.8. The first-order valence-electron chi connectivity index (χ1n) is 12.4. The number of rotatable bonds is 7. The highest BCUT2D eigenvalue weighted by Crippen LogP contribution is 2.43. The van der Waals surface area contributed by atoms with Crippen LogP contribution in [0.1, 0.15) is 30.9 Å². The number of halogens is 1. The molecule has 2 aromatic carbocycles. The smallest absolute Gasteiger partial charge is 0.329 e. The largest absolute Gasteiger partial charge is 0.344 e. The predicted octanol–water partition coefficient (Wildman–Crippen LogP) is 2.52. The van der Waals surface area contributed by atoms with Crippen LogP contribution in [0.15, 0.2) is 71.7 Å². The van der Waals surface area contributed by atoms with Crippen LogP contribution in [0.2, 0.25) is 0 Å². The third-order valence-electron chi connectivity index (χ3n) is 6.92. The number of nitrogens with one attached hydrogen (secondary N) is 3. The molecule has 11 heteroatoms. The number of nitrogens with zero attached hydrogens (tertiary/aromatic N) is 2. The second-order valence-corrected chi connectivity index (χ2v) is 9.87. The zero-order valence-electron chi connectivity index (χ0n) is 21.1. The number of carbonyl (C=O) groups is 4. The lowest BCUT2D eigenvalue weighted by Gasteiger charge is -2.21. The number of aromatic nitrogens is 1. The van der Waals surface area contributed by atoms with Crippen molar-refractivity contribution in [3.63, 3.8) is 0 Å². The van der Waals surface area contributed by atoms with Crippen molar-refractivity contribution in [2.75, 3.05) is 10.2 Å². The molecule has 5 rings (SSSR count). The van der Waals surface area contributed by atoms with Crippen LogP contribution in [0.3, 0.4) is 0 Å². The van der Waals surface area contributed by atoms with E-state index in [1.54, 1.807) is 37.3 Å². The van der Waals surface area contributed by atoms with Gasteiger partial charge in [0.05, 0.1) is 17.9 Å². The minimum Gasteiger partial charge on any atom is -0.344 e. The Bertz CT molecular complexity index is 1550. The van der Waals surface area contributed by atoms with Gasteiger partial charge in [-0.05, 0) is 67.1 Å². The molecule has 1 saturated carbocycles. The molecule has 200 valence electrons. The number of pyridine rings is 1. The summed E-state index contributed by atoms with van der Waals surface area (Å²) in [6.07, 6.45) is 3.15. The van der Waals surface area contributed by atoms with Gasteiger partial charge in [0.15, 0.2) is 0 Å². The molecule has 0 radical (unpaired) electrons. The van der Waals surface area contributed by atoms with Crippen molar-refractivity contribution >= 4 is 35.1 Å². The van der Waals surface area contributed by atoms with Crippen molar-refractivity contribution in [2.24, 2.45) is 5.92 Å². The van der Waals surface area contributed by atoms with Crippen LogP contribution in [0.25, 0.3) is 0 Å². The van der Waals surface area contributed by atoms with Crippen molar-refractivity contribution < 1.29 is 23.6 Å². The van der Waals surface area contributed by atoms with Gasteiger partial charge in [-0.3, -0.25) is 19.2 Å². The Kier molecular flexibility index (Phi) is 6.73. The van der Waals surface area contributed by atoms with Gasteiger partial charge in [0.25, 0.3) is 11.5 Å². The third-order valence-corrected chi connectivity index (χ3v) is 6.92. The number of benzene rings is 2. The zero-order valence-corrected chi connectivity index (χ0v) is 21.1. The molecule has 2 fully saturated rings. The molecule has 2 aliphatic rings. The number of amides is 5. The highest BCUT2D eigenvalue weighted by Gasteiger charge is 2.56. The van der Waals surface area contributed by atoms with E-state index in [-0.39, 0.29) is 36.2 Å². The van der Waals surface area contributed by atoms with Crippen molar-refractivity contribution in [3.8, 4) is 0 Å². The summed E-state index contributed by atoms with van der Waals surface area (Å²) in [6, 6.07) is 14.5. The van der Waals surface area contributed by atoms with E-state index in [2.05, 4.69) is 16.0 Å². The minimum absolute atomic E-state index is 0.0251. The maximum Gasteiger partial charge on any atom is 0.329 e. The lowest BCUT2D eigenvalue weighted by molar-refractivity contribution is -0.136. The molecule has 3 N–H and O–H groups in total. The summed E-state index contributed by atoms with van der Waals surface area (Å²) in [5, 5.41) is 7.75. The van der Waals surface area contributed by atoms with Crippen LogP contribution in [-0.2, 0) is 27.5 Å². The fraction of sp³-hybridized carbons (Fsp3) is 0.250. The van der Waals surface area contributed by atoms with E-state index in [0.717, 1.165) is 17.7 Å². The molecule has 1 aromatic heterocycles. The average molecular weight is 532 g/mol. The van der Waals surface area contributed by atoms with Gasteiger partial charge in [-0.2, -0.15) is 0 Å². The first-order valence-corrected chi connectivity index (χ1v) is 12.4. The summed E-state index contributed by atoms with van der Waals surface area (Å²) >= 11 is 0. The fourth-order valence-electron chi connectivity index (χ4n) is 4.64. The summed E-state index contributed by atoms with van der Waals surface area (Å²) in [4.78, 5) is 63.8. The molecule has 0 spiro atoms. The molecule has 3 aromatic rings. The maximum absolute atomic E-state index is 13.5. The number of urea groups is 1. The monoisotopic (exact) mass is 531 g/mol. The lowest BCUT2D eigenvalue weighted by Crippen LogP contribution is -2.46. The number of imide groups is 1. The minimum atomic E-state index is -0.948. The molecule has 2 heterocycles. The van der Waals surface area contributed by atoms with Crippen LogP contribution in [0, 0.1) is 11.7 Å². The number of anilines is 2. The quantitative estimate of drug-likeness (QED) is 0.319. The van der Waals surface area contributed by atoms with Crippen molar-refractivity contribution in [3.05, 3.63) is 94.2 Å². The topological polar surface area (TPSA) is 130 Å². The highest BCUT2D eigenvalue weighted by atomic mass is 19.1. The molecular weight excluding hydrogens is 505 g/mol. The summed E-state index contributed by atoms with van der Waals surface area (Å²) in [6.45, 7) is 1.80. The number of hydrogen-bond acceptors (Lipinski definition) is 5. The maximum atomic E-state index is 13.5. The van der Waals surface area contributed by atoms with Crippen molar-refractivity contribution in [1.29, 1.82) is 0 Å². The highest BCUT2D eigenvalue weighted by molar-refractivity contribution is 6.39. The van der Waals surface area contributed by atoms with Gasteiger partial charge < -0.3 is 20.5 Å². The summed E-state index contributed by atoms with van der Waals surface area (Å²) in [5.41, 5.74) is 0.455. The van der Waals surface area contributed by atoms with E-state index in [1.165, 1.54) is 41.1 Å². The van der Waals surface area contributed by atoms with Crippen LogP contribution < -0.4 is 26.4 Å². The van der Waals surface area contributed by atoms with Gasteiger partial charge in [0, 0.05) is 18.8 Å². The van der Waals surface area contributed by atoms with E-state index < -0.39 is 29.2 Å². The molecule has 10 nitrogen and oxygen atoms in total. The van der Waals surface area contributed by atoms with Gasteiger partial charge in [0.1, 0.15) is 11.4 Å². The van der Waals surface area contributed by atoms with E-state index in [9.17, 15) is 28.4 Å². The molecule has 5 amide bonds. The molecule has 1 aliphatic carbocycles. The average Bonchev–Trinajstić information content (AvgIpc) is 3.72. The normalized spacial score (nSPS) is 18.6. The van der Waals surface area contributed by atoms with E-state index >= 15 is 0 Å². The van der Waals surface area contributed by atoms with Gasteiger partial charge >= 0.3 is 17.8 Å². The first kappa shape index (κ1) is 25.8. The first-order chi connectivity index (χ1) is 18.6. The third kappa shape index (κ3) is 5.42. The molecular formula is C28H26FN5O5. The Morgan fingerprint density at radius 3 is 2.49 bits per heavy atom. The summed E-state index contributed by atoms with van der Waals surface area (Å²) in [7, 11) is 0. The Morgan fingerprint density at radius 1 is 1.00 bits per heavy atom. The molecule has 1 aliphatic heterocycles.